The molecule has 2 aromatic carbocycles. The number of nitrogens with zero attached hydrogens (tertiary/aromatic N) is 3. The Labute approximate surface area is 161 Å². The maximum atomic E-state index is 6.33. The van der Waals surface area contributed by atoms with Gasteiger partial charge in [0.05, 0.1) is 6.61 Å². The summed E-state index contributed by atoms with van der Waals surface area (Å²) in [5.74, 6) is 0.312. The van der Waals surface area contributed by atoms with E-state index in [2.05, 4.69) is 10.1 Å². The fraction of sp³-hybridized carbons (Fsp3) is 0.238. The average Bonchev–Trinajstić information content (AvgIpc) is 3.47. The van der Waals surface area contributed by atoms with Crippen LogP contribution in [0.4, 0.5) is 0 Å². The van der Waals surface area contributed by atoms with Gasteiger partial charge in [0.15, 0.2) is 5.76 Å². The molecule has 0 radical (unpaired) electrons. The zero-order chi connectivity index (χ0) is 18.8. The van der Waals surface area contributed by atoms with Gasteiger partial charge in [-0.1, -0.05) is 36.4 Å². The van der Waals surface area contributed by atoms with Crippen molar-refractivity contribution >= 4 is 11.0 Å². The number of ether oxygens (including phenoxy) is 3. The number of hydrogen-bond acceptors (Lipinski definition) is 6. The molecule has 0 aliphatic carbocycles. The largest absolute Gasteiger partial charge is 0.491 e. The molecule has 1 fully saturated rings. The lowest BCUT2D eigenvalue weighted by molar-refractivity contribution is -0.201. The second kappa shape index (κ2) is 7.10. The van der Waals surface area contributed by atoms with Gasteiger partial charge in [0.2, 0.25) is 5.79 Å². The van der Waals surface area contributed by atoms with Crippen molar-refractivity contribution in [3.63, 3.8) is 0 Å². The van der Waals surface area contributed by atoms with Gasteiger partial charge in [-0.2, -0.15) is 5.10 Å². The Morgan fingerprint density at radius 2 is 1.96 bits per heavy atom. The van der Waals surface area contributed by atoms with Crippen molar-refractivity contribution in [2.24, 2.45) is 0 Å². The van der Waals surface area contributed by atoms with Crippen LogP contribution in [0.2, 0.25) is 0 Å². The number of benzene rings is 2. The van der Waals surface area contributed by atoms with Gasteiger partial charge >= 0.3 is 0 Å². The summed E-state index contributed by atoms with van der Waals surface area (Å²) < 4.78 is 26.1. The molecule has 2 atom stereocenters. The van der Waals surface area contributed by atoms with Crippen LogP contribution in [0, 0.1) is 0 Å². The van der Waals surface area contributed by atoms with Crippen molar-refractivity contribution in [3.8, 4) is 5.75 Å². The number of hydrogen-bond donors (Lipinski definition) is 0. The molecule has 0 saturated carbocycles. The topological polar surface area (TPSA) is 71.5 Å². The van der Waals surface area contributed by atoms with Crippen molar-refractivity contribution < 1.29 is 18.6 Å². The summed E-state index contributed by atoms with van der Waals surface area (Å²) >= 11 is 0. The first kappa shape index (κ1) is 17.0. The van der Waals surface area contributed by atoms with Crippen molar-refractivity contribution in [2.45, 2.75) is 18.4 Å². The SMILES string of the molecule is c1ccc(OC[C@@H]2CO[C@@](Cn3cncn3)(c3cc4ccccc4o3)O2)cc1. The Morgan fingerprint density at radius 3 is 2.79 bits per heavy atom. The lowest BCUT2D eigenvalue weighted by atomic mass is 10.2. The number of para-hydroxylation sites is 2. The fourth-order valence-electron chi connectivity index (χ4n) is 3.34. The van der Waals surface area contributed by atoms with Gasteiger partial charge in [0.25, 0.3) is 0 Å². The summed E-state index contributed by atoms with van der Waals surface area (Å²) in [6, 6.07) is 19.4. The second-order valence-corrected chi connectivity index (χ2v) is 6.67. The molecule has 1 aliphatic heterocycles. The van der Waals surface area contributed by atoms with Crippen molar-refractivity contribution in [2.75, 3.05) is 13.2 Å². The standard InChI is InChI=1S/C21H19N3O4/c1-2-7-17(8-3-1)25-11-18-12-26-21(28-18,13-24-15-22-14-23-24)20-10-16-6-4-5-9-19(16)27-20/h1-10,14-15,18H,11-13H2/t18-,21-/m1/s1. The minimum atomic E-state index is -1.09. The van der Waals surface area contributed by atoms with Crippen LogP contribution < -0.4 is 4.74 Å². The van der Waals surface area contributed by atoms with Gasteiger partial charge in [-0.05, 0) is 24.3 Å². The molecular formula is C21H19N3O4. The molecule has 4 aromatic rings. The summed E-state index contributed by atoms with van der Waals surface area (Å²) in [5.41, 5.74) is 0.784. The zero-order valence-electron chi connectivity index (χ0n) is 15.1. The highest BCUT2D eigenvalue weighted by Crippen LogP contribution is 2.38. The molecule has 2 aromatic heterocycles. The highest BCUT2D eigenvalue weighted by atomic mass is 16.8. The minimum absolute atomic E-state index is 0.239. The molecule has 28 heavy (non-hydrogen) atoms. The maximum Gasteiger partial charge on any atom is 0.249 e. The van der Waals surface area contributed by atoms with Crippen LogP contribution in [-0.4, -0.2) is 34.1 Å². The van der Waals surface area contributed by atoms with Crippen molar-refractivity contribution in [1.29, 1.82) is 0 Å². The van der Waals surface area contributed by atoms with Crippen LogP contribution in [-0.2, 0) is 21.8 Å². The molecule has 5 rings (SSSR count). The molecule has 3 heterocycles. The first-order chi connectivity index (χ1) is 13.8. The Kier molecular flexibility index (Phi) is 4.31. The van der Waals surface area contributed by atoms with E-state index in [1.807, 2.05) is 60.7 Å². The van der Waals surface area contributed by atoms with E-state index in [9.17, 15) is 0 Å². The quantitative estimate of drug-likeness (QED) is 0.513. The zero-order valence-corrected chi connectivity index (χ0v) is 15.1. The Balaban J connectivity index is 1.40. The van der Waals surface area contributed by atoms with Crippen LogP contribution in [0.3, 0.4) is 0 Å². The summed E-state index contributed by atoms with van der Waals surface area (Å²) in [5, 5.41) is 5.19. The van der Waals surface area contributed by atoms with E-state index in [-0.39, 0.29) is 6.10 Å². The summed E-state index contributed by atoms with van der Waals surface area (Å²) in [6.45, 7) is 1.09. The Morgan fingerprint density at radius 1 is 1.11 bits per heavy atom. The maximum absolute atomic E-state index is 6.33. The van der Waals surface area contributed by atoms with E-state index in [0.717, 1.165) is 16.7 Å². The first-order valence-corrected chi connectivity index (χ1v) is 9.12. The van der Waals surface area contributed by atoms with Crippen LogP contribution in [0.15, 0.2) is 77.7 Å². The number of fused-ring (bicyclic) bond motifs is 1. The third-order valence-electron chi connectivity index (χ3n) is 4.68. The molecule has 0 N–H and O–H groups in total. The molecule has 0 bridgehead atoms. The van der Waals surface area contributed by atoms with Crippen LogP contribution in [0.5, 0.6) is 5.75 Å². The normalized spacial score (nSPS) is 21.9. The molecule has 0 amide bonds. The van der Waals surface area contributed by atoms with E-state index in [1.165, 1.54) is 6.33 Å². The van der Waals surface area contributed by atoms with E-state index >= 15 is 0 Å². The van der Waals surface area contributed by atoms with Gasteiger partial charge in [0, 0.05) is 5.39 Å². The van der Waals surface area contributed by atoms with Gasteiger partial charge in [0.1, 0.15) is 43.2 Å². The van der Waals surface area contributed by atoms with E-state index in [1.54, 1.807) is 11.0 Å². The van der Waals surface area contributed by atoms with Crippen LogP contribution in [0.25, 0.3) is 11.0 Å². The van der Waals surface area contributed by atoms with E-state index in [0.29, 0.717) is 25.5 Å². The van der Waals surface area contributed by atoms with Gasteiger partial charge < -0.3 is 18.6 Å². The number of rotatable bonds is 6. The molecule has 0 unspecified atom stereocenters. The molecule has 142 valence electrons. The summed E-state index contributed by atoms with van der Waals surface area (Å²) in [6.07, 6.45) is 2.87. The lowest BCUT2D eigenvalue weighted by Crippen LogP contribution is -2.34. The Hall–Kier alpha value is -3.16. The van der Waals surface area contributed by atoms with Gasteiger partial charge in [-0.15, -0.1) is 0 Å². The molecule has 7 heteroatoms. The summed E-state index contributed by atoms with van der Waals surface area (Å²) in [7, 11) is 0. The predicted molar refractivity (Wildman–Crippen MR) is 101 cm³/mol. The number of furan rings is 1. The van der Waals surface area contributed by atoms with Gasteiger partial charge in [-0.3, -0.25) is 0 Å². The molecule has 0 spiro atoms. The molecule has 1 aliphatic rings. The average molecular weight is 377 g/mol. The second-order valence-electron chi connectivity index (χ2n) is 6.67. The highest BCUT2D eigenvalue weighted by Gasteiger charge is 2.47. The molecule has 7 nitrogen and oxygen atoms in total. The Bertz CT molecular complexity index is 1010. The van der Waals surface area contributed by atoms with Crippen LogP contribution >= 0.6 is 0 Å². The third-order valence-corrected chi connectivity index (χ3v) is 4.68. The van der Waals surface area contributed by atoms with Crippen molar-refractivity contribution in [1.82, 2.24) is 14.8 Å². The summed E-state index contributed by atoms with van der Waals surface area (Å²) in [4.78, 5) is 4.01. The molecular weight excluding hydrogens is 358 g/mol. The van der Waals surface area contributed by atoms with E-state index in [4.69, 9.17) is 18.6 Å². The predicted octanol–water partition coefficient (Wildman–Crippen LogP) is 3.37. The fourth-order valence-corrected chi connectivity index (χ4v) is 3.34. The first-order valence-electron chi connectivity index (χ1n) is 9.12. The van der Waals surface area contributed by atoms with E-state index < -0.39 is 5.79 Å². The third kappa shape index (κ3) is 3.26. The monoisotopic (exact) mass is 377 g/mol. The van der Waals surface area contributed by atoms with Gasteiger partial charge in [-0.25, -0.2) is 9.67 Å². The molecule has 1 saturated heterocycles. The highest BCUT2D eigenvalue weighted by molar-refractivity contribution is 5.77. The smallest absolute Gasteiger partial charge is 0.249 e. The number of aromatic nitrogens is 3. The van der Waals surface area contributed by atoms with Crippen molar-refractivity contribution in [3.05, 3.63) is 79.1 Å². The van der Waals surface area contributed by atoms with Crippen LogP contribution in [0.1, 0.15) is 5.76 Å². The lowest BCUT2D eigenvalue weighted by Gasteiger charge is -2.25. The minimum Gasteiger partial charge on any atom is -0.491 e.